The highest BCUT2D eigenvalue weighted by Crippen LogP contribution is 2.02. The summed E-state index contributed by atoms with van der Waals surface area (Å²) in [5, 5.41) is 14.0. The minimum absolute atomic E-state index is 0.142. The van der Waals surface area contributed by atoms with E-state index in [-0.39, 0.29) is 6.10 Å². The highest BCUT2D eigenvalue weighted by molar-refractivity contribution is 5.76. The van der Waals surface area contributed by atoms with Gasteiger partial charge >= 0.3 is 12.0 Å². The summed E-state index contributed by atoms with van der Waals surface area (Å²) in [6.45, 7) is 5.11. The maximum atomic E-state index is 11.5. The van der Waals surface area contributed by atoms with Crippen molar-refractivity contribution in [3.63, 3.8) is 0 Å². The van der Waals surface area contributed by atoms with E-state index in [9.17, 15) is 9.59 Å². The van der Waals surface area contributed by atoms with Gasteiger partial charge in [-0.15, -0.1) is 0 Å². The summed E-state index contributed by atoms with van der Waals surface area (Å²) in [6.07, 6.45) is -0.142. The lowest BCUT2D eigenvalue weighted by Crippen LogP contribution is -2.48. The maximum Gasteiger partial charge on any atom is 0.315 e. The molecule has 104 valence electrons. The summed E-state index contributed by atoms with van der Waals surface area (Å²) in [7, 11) is 0. The zero-order valence-corrected chi connectivity index (χ0v) is 10.6. The van der Waals surface area contributed by atoms with Crippen molar-refractivity contribution in [2.75, 3.05) is 26.4 Å². The van der Waals surface area contributed by atoms with E-state index >= 15 is 0 Å². The van der Waals surface area contributed by atoms with Crippen LogP contribution in [0.15, 0.2) is 0 Å². The molecule has 7 heteroatoms. The van der Waals surface area contributed by atoms with Crippen LogP contribution in [0.25, 0.3) is 0 Å². The molecule has 1 fully saturated rings. The van der Waals surface area contributed by atoms with Gasteiger partial charge in [-0.1, -0.05) is 0 Å². The molecule has 0 bridgehead atoms. The highest BCUT2D eigenvalue weighted by Gasteiger charge is 2.21. The first kappa shape index (κ1) is 14.7. The molecule has 1 rings (SSSR count). The molecule has 0 aromatic carbocycles. The van der Waals surface area contributed by atoms with Crippen LogP contribution in [0.4, 0.5) is 4.79 Å². The fraction of sp³-hybridized carbons (Fsp3) is 0.818. The number of aliphatic carboxylic acids is 1. The Kier molecular flexibility index (Phi) is 5.87. The second-order valence-corrected chi connectivity index (χ2v) is 4.34. The Morgan fingerprint density at radius 2 is 2.11 bits per heavy atom. The molecule has 1 aliphatic heterocycles. The van der Waals surface area contributed by atoms with E-state index in [1.807, 2.05) is 0 Å². The molecule has 7 nitrogen and oxygen atoms in total. The summed E-state index contributed by atoms with van der Waals surface area (Å²) in [5.41, 5.74) is 0. The van der Waals surface area contributed by atoms with Gasteiger partial charge in [0.2, 0.25) is 0 Å². The molecule has 3 N–H and O–H groups in total. The number of amides is 2. The number of rotatable bonds is 5. The molecule has 1 saturated heterocycles. The van der Waals surface area contributed by atoms with Crippen LogP contribution in [-0.2, 0) is 14.3 Å². The Morgan fingerprint density at radius 1 is 1.39 bits per heavy atom. The van der Waals surface area contributed by atoms with E-state index in [0.29, 0.717) is 26.4 Å². The van der Waals surface area contributed by atoms with Gasteiger partial charge in [0.15, 0.2) is 0 Å². The van der Waals surface area contributed by atoms with Crippen LogP contribution in [0.2, 0.25) is 0 Å². The van der Waals surface area contributed by atoms with Crippen LogP contribution < -0.4 is 10.6 Å². The number of hydrogen-bond donors (Lipinski definition) is 3. The predicted molar refractivity (Wildman–Crippen MR) is 63.4 cm³/mol. The van der Waals surface area contributed by atoms with E-state index in [1.165, 1.54) is 0 Å². The Bertz CT molecular complexity index is 291. The van der Waals surface area contributed by atoms with Crippen LogP contribution in [0.3, 0.4) is 0 Å². The number of carboxylic acids is 1. The quantitative estimate of drug-likeness (QED) is 0.636. The van der Waals surface area contributed by atoms with E-state index in [0.717, 1.165) is 0 Å². The van der Waals surface area contributed by atoms with Crippen molar-refractivity contribution in [3.05, 3.63) is 0 Å². The van der Waals surface area contributed by atoms with Crippen LogP contribution in [0.1, 0.15) is 13.8 Å². The van der Waals surface area contributed by atoms with Crippen molar-refractivity contribution >= 4 is 12.0 Å². The first-order chi connectivity index (χ1) is 8.50. The molecule has 0 radical (unpaired) electrons. The van der Waals surface area contributed by atoms with E-state index < -0.39 is 24.0 Å². The molecule has 2 amide bonds. The van der Waals surface area contributed by atoms with Gasteiger partial charge in [-0.2, -0.15) is 0 Å². The van der Waals surface area contributed by atoms with Gasteiger partial charge < -0.3 is 25.2 Å². The van der Waals surface area contributed by atoms with Crippen molar-refractivity contribution in [1.29, 1.82) is 0 Å². The van der Waals surface area contributed by atoms with Crippen molar-refractivity contribution in [1.82, 2.24) is 10.6 Å². The van der Waals surface area contributed by atoms with E-state index in [1.54, 1.807) is 13.8 Å². The summed E-state index contributed by atoms with van der Waals surface area (Å²) < 4.78 is 10.5. The first-order valence-corrected chi connectivity index (χ1v) is 5.97. The SMILES string of the molecule is CC(NC(=O)NCC1COCCO1)C(C)C(=O)O. The Morgan fingerprint density at radius 3 is 2.67 bits per heavy atom. The molecule has 1 heterocycles. The lowest BCUT2D eigenvalue weighted by atomic mass is 10.0. The van der Waals surface area contributed by atoms with E-state index in [2.05, 4.69) is 10.6 Å². The highest BCUT2D eigenvalue weighted by atomic mass is 16.6. The van der Waals surface area contributed by atoms with Crippen molar-refractivity contribution < 1.29 is 24.2 Å². The van der Waals surface area contributed by atoms with Gasteiger partial charge in [0.05, 0.1) is 31.8 Å². The molecule has 0 saturated carbocycles. The molecule has 0 aliphatic carbocycles. The zero-order chi connectivity index (χ0) is 13.5. The van der Waals surface area contributed by atoms with Crippen molar-refractivity contribution in [3.8, 4) is 0 Å². The minimum atomic E-state index is -0.938. The van der Waals surface area contributed by atoms with Crippen molar-refractivity contribution in [2.45, 2.75) is 26.0 Å². The molecular weight excluding hydrogens is 240 g/mol. The zero-order valence-electron chi connectivity index (χ0n) is 10.6. The number of ether oxygens (including phenoxy) is 2. The first-order valence-electron chi connectivity index (χ1n) is 5.97. The average Bonchev–Trinajstić information content (AvgIpc) is 2.36. The molecule has 18 heavy (non-hydrogen) atoms. The van der Waals surface area contributed by atoms with Crippen molar-refractivity contribution in [2.24, 2.45) is 5.92 Å². The predicted octanol–water partition coefficient (Wildman–Crippen LogP) is -0.190. The van der Waals surface area contributed by atoms with Crippen LogP contribution in [0.5, 0.6) is 0 Å². The fourth-order valence-electron chi connectivity index (χ4n) is 1.46. The number of nitrogens with one attached hydrogen (secondary N) is 2. The Hall–Kier alpha value is -1.34. The van der Waals surface area contributed by atoms with Crippen LogP contribution in [-0.4, -0.2) is 55.6 Å². The molecule has 0 aromatic rings. The second-order valence-electron chi connectivity index (χ2n) is 4.34. The fourth-order valence-corrected chi connectivity index (χ4v) is 1.46. The number of carboxylic acid groups (broad SMARTS) is 1. The Labute approximate surface area is 106 Å². The molecule has 3 atom stereocenters. The third-order valence-electron chi connectivity index (χ3n) is 2.87. The topological polar surface area (TPSA) is 96.9 Å². The summed E-state index contributed by atoms with van der Waals surface area (Å²) >= 11 is 0. The normalized spacial score (nSPS) is 22.9. The van der Waals surface area contributed by atoms with Gasteiger partial charge in [-0.05, 0) is 13.8 Å². The number of urea groups is 1. The maximum absolute atomic E-state index is 11.5. The number of hydrogen-bond acceptors (Lipinski definition) is 4. The minimum Gasteiger partial charge on any atom is -0.481 e. The Balaban J connectivity index is 2.22. The van der Waals surface area contributed by atoms with Gasteiger partial charge in [-0.3, -0.25) is 4.79 Å². The average molecular weight is 260 g/mol. The summed E-state index contributed by atoms with van der Waals surface area (Å²) in [6, 6.07) is -0.837. The van der Waals surface area contributed by atoms with Gasteiger partial charge in [-0.25, -0.2) is 4.79 Å². The molecule has 0 spiro atoms. The molecule has 1 aliphatic rings. The lowest BCUT2D eigenvalue weighted by Gasteiger charge is -2.24. The monoisotopic (exact) mass is 260 g/mol. The van der Waals surface area contributed by atoms with Crippen LogP contribution >= 0.6 is 0 Å². The third kappa shape index (κ3) is 4.89. The van der Waals surface area contributed by atoms with Gasteiger partial charge in [0.25, 0.3) is 0 Å². The summed E-state index contributed by atoms with van der Waals surface area (Å²) in [5.74, 6) is -1.57. The third-order valence-corrected chi connectivity index (χ3v) is 2.87. The molecular formula is C11H20N2O5. The largest absolute Gasteiger partial charge is 0.481 e. The number of carbonyl (C=O) groups is 2. The van der Waals surface area contributed by atoms with Crippen LogP contribution in [0, 0.1) is 5.92 Å². The van der Waals surface area contributed by atoms with E-state index in [4.69, 9.17) is 14.6 Å². The summed E-state index contributed by atoms with van der Waals surface area (Å²) in [4.78, 5) is 22.2. The molecule has 0 aromatic heterocycles. The standard InChI is InChI=1S/C11H20N2O5/c1-7(10(14)15)8(2)13-11(16)12-5-9-6-17-3-4-18-9/h7-9H,3-6H2,1-2H3,(H,14,15)(H2,12,13,16). The number of carbonyl (C=O) groups excluding carboxylic acids is 1. The van der Waals surface area contributed by atoms with Gasteiger partial charge in [0, 0.05) is 12.6 Å². The van der Waals surface area contributed by atoms with Gasteiger partial charge in [0.1, 0.15) is 0 Å². The second kappa shape index (κ2) is 7.17. The lowest BCUT2D eigenvalue weighted by molar-refractivity contribution is -0.141. The smallest absolute Gasteiger partial charge is 0.315 e. The molecule has 3 unspecified atom stereocenters.